The highest BCUT2D eigenvalue weighted by atomic mass is 32.2. The number of carbonyl (C=O) groups excluding carboxylic acids is 1. The highest BCUT2D eigenvalue weighted by Gasteiger charge is 2.08. The van der Waals surface area contributed by atoms with E-state index in [1.165, 1.54) is 23.5 Å². The topological polar surface area (TPSA) is 133 Å². The minimum absolute atomic E-state index is 0.173. The van der Waals surface area contributed by atoms with Crippen LogP contribution in [0.2, 0.25) is 0 Å². The molecule has 0 fully saturated rings. The molecule has 3 N–H and O–H groups in total. The van der Waals surface area contributed by atoms with Crippen molar-refractivity contribution in [1.82, 2.24) is 25.1 Å². The first-order valence-electron chi connectivity index (χ1n) is 6.05. The number of hydrogen-bond donors (Lipinski definition) is 2. The van der Waals surface area contributed by atoms with Gasteiger partial charge in [0, 0.05) is 18.3 Å². The lowest BCUT2D eigenvalue weighted by Crippen LogP contribution is -2.27. The summed E-state index contributed by atoms with van der Waals surface area (Å²) in [6.07, 6.45) is 4.57. The van der Waals surface area contributed by atoms with Gasteiger partial charge in [0.15, 0.2) is 5.82 Å². The molecule has 112 valence electrons. The lowest BCUT2D eigenvalue weighted by Gasteiger charge is -2.06. The van der Waals surface area contributed by atoms with Crippen molar-refractivity contribution in [2.24, 2.45) is 5.14 Å². The number of hydrogen-bond acceptors (Lipinski definition) is 6. The number of primary sulfonamides is 1. The van der Waals surface area contributed by atoms with Crippen molar-refractivity contribution in [3.63, 3.8) is 0 Å². The molecule has 0 saturated heterocycles. The molecule has 1 amide bonds. The van der Waals surface area contributed by atoms with E-state index in [2.05, 4.69) is 20.4 Å². The summed E-state index contributed by atoms with van der Waals surface area (Å²) in [5.74, 6) is -0.0359. The number of amides is 1. The van der Waals surface area contributed by atoms with Crippen LogP contribution < -0.4 is 10.5 Å². The van der Waals surface area contributed by atoms with Crippen LogP contribution in [0.4, 0.5) is 0 Å². The summed E-state index contributed by atoms with van der Waals surface area (Å²) >= 11 is 0. The van der Waals surface area contributed by atoms with Crippen LogP contribution in [0.5, 0.6) is 0 Å². The third-order valence-electron chi connectivity index (χ3n) is 2.55. The van der Waals surface area contributed by atoms with E-state index in [0.717, 1.165) is 0 Å². The van der Waals surface area contributed by atoms with Crippen LogP contribution in [0.15, 0.2) is 31.0 Å². The molecule has 0 radical (unpaired) electrons. The Bertz CT molecular complexity index is 713. The van der Waals surface area contributed by atoms with Gasteiger partial charge >= 0.3 is 0 Å². The lowest BCUT2D eigenvalue weighted by atomic mass is 10.2. The predicted octanol–water partition coefficient (Wildman–Crippen LogP) is -0.929. The zero-order valence-corrected chi connectivity index (χ0v) is 11.8. The summed E-state index contributed by atoms with van der Waals surface area (Å²) in [6, 6.07) is 3.11. The summed E-state index contributed by atoms with van der Waals surface area (Å²) in [5.41, 5.74) is 0.395. The lowest BCUT2D eigenvalue weighted by molar-refractivity contribution is 0.0953. The summed E-state index contributed by atoms with van der Waals surface area (Å²) in [4.78, 5) is 19.8. The van der Waals surface area contributed by atoms with Gasteiger partial charge < -0.3 is 5.32 Å². The molecule has 21 heavy (non-hydrogen) atoms. The third kappa shape index (κ3) is 4.61. The number of nitrogens with zero attached hydrogens (tertiary/aromatic N) is 4. The highest BCUT2D eigenvalue weighted by molar-refractivity contribution is 7.89. The Kier molecular flexibility index (Phi) is 4.60. The number of carbonyl (C=O) groups is 1. The van der Waals surface area contributed by atoms with Gasteiger partial charge in [0.1, 0.15) is 12.7 Å². The van der Waals surface area contributed by atoms with Gasteiger partial charge in [-0.2, -0.15) is 5.10 Å². The average Bonchev–Trinajstić information content (AvgIpc) is 2.96. The first-order valence-corrected chi connectivity index (χ1v) is 7.77. The fourth-order valence-electron chi connectivity index (χ4n) is 1.59. The van der Waals surface area contributed by atoms with Crippen molar-refractivity contribution in [3.8, 4) is 5.82 Å². The number of nitrogens with two attached hydrogens (primary N) is 1. The van der Waals surface area contributed by atoms with Crippen LogP contribution in [0.3, 0.4) is 0 Å². The van der Waals surface area contributed by atoms with E-state index < -0.39 is 10.0 Å². The molecule has 9 nitrogen and oxygen atoms in total. The second kappa shape index (κ2) is 6.41. The van der Waals surface area contributed by atoms with Gasteiger partial charge in [-0.25, -0.2) is 28.2 Å². The number of sulfonamides is 1. The zero-order chi connectivity index (χ0) is 15.3. The molecule has 0 aliphatic carbocycles. The van der Waals surface area contributed by atoms with Crippen LogP contribution in [0.25, 0.3) is 5.82 Å². The third-order valence-corrected chi connectivity index (χ3v) is 3.41. The Hall–Kier alpha value is -2.33. The molecule has 0 unspecified atom stereocenters. The van der Waals surface area contributed by atoms with Gasteiger partial charge in [-0.3, -0.25) is 4.79 Å². The van der Waals surface area contributed by atoms with Gasteiger partial charge in [-0.15, -0.1) is 0 Å². The molecular weight excluding hydrogens is 296 g/mol. The molecule has 2 heterocycles. The molecule has 0 atom stereocenters. The van der Waals surface area contributed by atoms with Crippen molar-refractivity contribution in [3.05, 3.63) is 36.5 Å². The molecule has 0 saturated carbocycles. The second-order valence-corrected chi connectivity index (χ2v) is 5.95. The molecule has 0 aliphatic rings. The summed E-state index contributed by atoms with van der Waals surface area (Å²) in [5, 5.41) is 11.4. The molecule has 0 spiro atoms. The van der Waals surface area contributed by atoms with Crippen molar-refractivity contribution in [1.29, 1.82) is 0 Å². The Morgan fingerprint density at radius 3 is 2.90 bits per heavy atom. The second-order valence-electron chi connectivity index (χ2n) is 4.22. The molecular formula is C11H14N6O3S. The van der Waals surface area contributed by atoms with E-state index in [4.69, 9.17) is 5.14 Å². The van der Waals surface area contributed by atoms with E-state index in [1.807, 2.05) is 0 Å². The molecule has 0 aliphatic heterocycles. The minimum atomic E-state index is -3.50. The molecule has 10 heteroatoms. The smallest absolute Gasteiger partial charge is 0.251 e. The van der Waals surface area contributed by atoms with E-state index in [0.29, 0.717) is 11.4 Å². The maximum Gasteiger partial charge on any atom is 0.251 e. The number of nitrogens with one attached hydrogen (secondary N) is 1. The van der Waals surface area contributed by atoms with Gasteiger partial charge in [-0.05, 0) is 18.6 Å². The molecule has 0 bridgehead atoms. The van der Waals surface area contributed by atoms with Crippen molar-refractivity contribution >= 4 is 15.9 Å². The average molecular weight is 310 g/mol. The highest BCUT2D eigenvalue weighted by Crippen LogP contribution is 2.05. The fourth-order valence-corrected chi connectivity index (χ4v) is 2.14. The van der Waals surface area contributed by atoms with E-state index >= 15 is 0 Å². The van der Waals surface area contributed by atoms with Crippen LogP contribution in [0, 0.1) is 0 Å². The summed E-state index contributed by atoms with van der Waals surface area (Å²) in [7, 11) is -3.50. The largest absolute Gasteiger partial charge is 0.352 e. The fraction of sp³-hybridized carbons (Fsp3) is 0.273. The first-order chi connectivity index (χ1) is 9.96. The van der Waals surface area contributed by atoms with Crippen LogP contribution in [-0.4, -0.2) is 46.4 Å². The number of aromatic nitrogens is 4. The van der Waals surface area contributed by atoms with Crippen LogP contribution in [0.1, 0.15) is 16.8 Å². The van der Waals surface area contributed by atoms with Crippen molar-refractivity contribution < 1.29 is 13.2 Å². The Morgan fingerprint density at radius 1 is 1.43 bits per heavy atom. The standard InChI is InChI=1S/C11H14N6O3S/c12-21(19,20)5-1-3-15-11(18)9-2-4-14-10(6-9)17-8-13-7-16-17/h2,4,6-8H,1,3,5H2,(H,15,18)(H2,12,19,20). The normalized spacial score (nSPS) is 11.3. The maximum atomic E-state index is 11.9. The van der Waals surface area contributed by atoms with Gasteiger partial charge in [0.05, 0.1) is 5.75 Å². The molecule has 2 aromatic heterocycles. The van der Waals surface area contributed by atoms with Crippen LogP contribution in [-0.2, 0) is 10.0 Å². The summed E-state index contributed by atoms with van der Waals surface area (Å²) < 4.78 is 23.0. The first kappa shape index (κ1) is 15.1. The molecule has 2 rings (SSSR count). The maximum absolute atomic E-state index is 11.9. The van der Waals surface area contributed by atoms with Gasteiger partial charge in [0.25, 0.3) is 5.91 Å². The Labute approximate surface area is 121 Å². The van der Waals surface area contributed by atoms with E-state index in [9.17, 15) is 13.2 Å². The summed E-state index contributed by atoms with van der Waals surface area (Å²) in [6.45, 7) is 0.218. The van der Waals surface area contributed by atoms with Gasteiger partial charge in [-0.1, -0.05) is 0 Å². The van der Waals surface area contributed by atoms with E-state index in [1.54, 1.807) is 12.1 Å². The van der Waals surface area contributed by atoms with Crippen molar-refractivity contribution in [2.75, 3.05) is 12.3 Å². The quantitative estimate of drug-likeness (QED) is 0.662. The monoisotopic (exact) mass is 310 g/mol. The Morgan fingerprint density at radius 2 is 2.24 bits per heavy atom. The molecule has 0 aromatic carbocycles. The molecule has 2 aromatic rings. The van der Waals surface area contributed by atoms with Crippen molar-refractivity contribution in [2.45, 2.75) is 6.42 Å². The van der Waals surface area contributed by atoms with Crippen LogP contribution >= 0.6 is 0 Å². The SMILES string of the molecule is NS(=O)(=O)CCCNC(=O)c1ccnc(-n2cncn2)c1. The minimum Gasteiger partial charge on any atom is -0.352 e. The zero-order valence-electron chi connectivity index (χ0n) is 11.0. The number of rotatable bonds is 6. The Balaban J connectivity index is 1.95. The van der Waals surface area contributed by atoms with Gasteiger partial charge in [0.2, 0.25) is 10.0 Å². The van der Waals surface area contributed by atoms with E-state index in [-0.39, 0.29) is 24.6 Å². The predicted molar refractivity (Wildman–Crippen MR) is 74.1 cm³/mol. The number of pyridine rings is 1.